The molecule has 1 aromatic carbocycles. The Hall–Kier alpha value is -2.81. The molecule has 2 heterocycles. The third kappa shape index (κ3) is 4.13. The average molecular weight is 386 g/mol. The number of anilines is 1. The molecule has 0 unspecified atom stereocenters. The number of methoxy groups -OCH3 is 1. The minimum absolute atomic E-state index is 0.116. The molecule has 8 nitrogen and oxygen atoms in total. The fourth-order valence-electron chi connectivity index (χ4n) is 2.57. The standard InChI is InChI=1S/C18H22N6O2S/c1-10-15(11(2)24(4)23-10)19-17(25)12(3)27-18-20-16(21-22-18)13-6-8-14(26-5)9-7-13/h6-9,12H,1-5H3,(H,19,25)(H,20,21,22)/t12-/m0/s1. The monoisotopic (exact) mass is 386 g/mol. The first-order valence-electron chi connectivity index (χ1n) is 8.43. The maximum absolute atomic E-state index is 12.5. The van der Waals surface area contributed by atoms with Crippen molar-refractivity contribution in [2.24, 2.45) is 7.05 Å². The number of ether oxygens (including phenoxy) is 1. The highest BCUT2D eigenvalue weighted by atomic mass is 32.2. The van der Waals surface area contributed by atoms with E-state index in [1.54, 1.807) is 11.8 Å². The number of nitrogens with one attached hydrogen (secondary N) is 2. The molecule has 0 bridgehead atoms. The minimum atomic E-state index is -0.358. The lowest BCUT2D eigenvalue weighted by molar-refractivity contribution is -0.115. The number of hydrogen-bond donors (Lipinski definition) is 2. The van der Waals surface area contributed by atoms with E-state index in [0.29, 0.717) is 11.0 Å². The van der Waals surface area contributed by atoms with E-state index in [-0.39, 0.29) is 11.2 Å². The number of carbonyl (C=O) groups is 1. The van der Waals surface area contributed by atoms with Crippen molar-refractivity contribution < 1.29 is 9.53 Å². The summed E-state index contributed by atoms with van der Waals surface area (Å²) >= 11 is 1.30. The van der Waals surface area contributed by atoms with Crippen molar-refractivity contribution in [1.82, 2.24) is 25.0 Å². The SMILES string of the molecule is COc1ccc(-c2nc(S[C@@H](C)C(=O)Nc3c(C)nn(C)c3C)n[nH]2)cc1. The van der Waals surface area contributed by atoms with Crippen LogP contribution in [-0.4, -0.2) is 43.2 Å². The summed E-state index contributed by atoms with van der Waals surface area (Å²) in [5, 5.41) is 14.5. The fourth-order valence-corrected chi connectivity index (χ4v) is 3.29. The van der Waals surface area contributed by atoms with Gasteiger partial charge >= 0.3 is 0 Å². The summed E-state index contributed by atoms with van der Waals surface area (Å²) in [6.07, 6.45) is 0. The van der Waals surface area contributed by atoms with Crippen molar-refractivity contribution in [1.29, 1.82) is 0 Å². The Bertz CT molecular complexity index is 947. The van der Waals surface area contributed by atoms with E-state index in [1.807, 2.05) is 52.1 Å². The van der Waals surface area contributed by atoms with Crippen LogP contribution in [0.2, 0.25) is 0 Å². The molecule has 9 heteroatoms. The Morgan fingerprint density at radius 1 is 1.30 bits per heavy atom. The Labute approximate surface area is 161 Å². The van der Waals surface area contributed by atoms with Crippen LogP contribution >= 0.6 is 11.8 Å². The Balaban J connectivity index is 1.66. The number of amides is 1. The third-order valence-electron chi connectivity index (χ3n) is 4.24. The average Bonchev–Trinajstić information content (AvgIpc) is 3.21. The molecule has 0 aliphatic rings. The Kier molecular flexibility index (Phi) is 5.50. The molecule has 0 fully saturated rings. The van der Waals surface area contributed by atoms with Crippen LogP contribution in [0.15, 0.2) is 29.4 Å². The van der Waals surface area contributed by atoms with Gasteiger partial charge < -0.3 is 10.1 Å². The summed E-state index contributed by atoms with van der Waals surface area (Å²) in [6, 6.07) is 7.52. The van der Waals surface area contributed by atoms with Gasteiger partial charge in [-0.2, -0.15) is 5.10 Å². The van der Waals surface area contributed by atoms with Gasteiger partial charge in [-0.15, -0.1) is 5.10 Å². The third-order valence-corrected chi connectivity index (χ3v) is 5.20. The highest BCUT2D eigenvalue weighted by Crippen LogP contribution is 2.26. The highest BCUT2D eigenvalue weighted by Gasteiger charge is 2.20. The van der Waals surface area contributed by atoms with E-state index >= 15 is 0 Å². The topological polar surface area (TPSA) is 97.7 Å². The molecule has 3 aromatic rings. The van der Waals surface area contributed by atoms with Crippen LogP contribution in [0, 0.1) is 13.8 Å². The number of aryl methyl sites for hydroxylation is 2. The molecule has 2 N–H and O–H groups in total. The van der Waals surface area contributed by atoms with E-state index in [0.717, 1.165) is 28.4 Å². The molecular formula is C18H22N6O2S. The molecule has 1 amide bonds. The predicted molar refractivity (Wildman–Crippen MR) is 105 cm³/mol. The summed E-state index contributed by atoms with van der Waals surface area (Å²) < 4.78 is 6.90. The molecule has 0 saturated heterocycles. The highest BCUT2D eigenvalue weighted by molar-refractivity contribution is 8.00. The van der Waals surface area contributed by atoms with E-state index in [2.05, 4.69) is 25.6 Å². The van der Waals surface area contributed by atoms with Crippen LogP contribution < -0.4 is 10.1 Å². The number of H-pyrrole nitrogens is 1. The molecule has 0 aliphatic carbocycles. The zero-order chi connectivity index (χ0) is 19.6. The maximum atomic E-state index is 12.5. The van der Waals surface area contributed by atoms with Gasteiger partial charge in [-0.25, -0.2) is 4.98 Å². The van der Waals surface area contributed by atoms with Gasteiger partial charge in [0.1, 0.15) is 5.75 Å². The Morgan fingerprint density at radius 3 is 2.59 bits per heavy atom. The van der Waals surface area contributed by atoms with Crippen molar-refractivity contribution in [2.75, 3.05) is 12.4 Å². The van der Waals surface area contributed by atoms with Crippen LogP contribution in [0.25, 0.3) is 11.4 Å². The van der Waals surface area contributed by atoms with E-state index < -0.39 is 0 Å². The quantitative estimate of drug-likeness (QED) is 0.632. The van der Waals surface area contributed by atoms with Gasteiger partial charge in [0.2, 0.25) is 11.1 Å². The minimum Gasteiger partial charge on any atom is -0.497 e. The van der Waals surface area contributed by atoms with Crippen LogP contribution in [0.5, 0.6) is 5.75 Å². The van der Waals surface area contributed by atoms with Gasteiger partial charge in [0.05, 0.1) is 29.4 Å². The van der Waals surface area contributed by atoms with Crippen molar-refractivity contribution in [2.45, 2.75) is 31.2 Å². The lowest BCUT2D eigenvalue weighted by Crippen LogP contribution is -2.23. The largest absolute Gasteiger partial charge is 0.497 e. The fraction of sp³-hybridized carbons (Fsp3) is 0.333. The summed E-state index contributed by atoms with van der Waals surface area (Å²) in [4.78, 5) is 17.0. The van der Waals surface area contributed by atoms with E-state index in [1.165, 1.54) is 11.8 Å². The number of benzene rings is 1. The molecule has 27 heavy (non-hydrogen) atoms. The zero-order valence-corrected chi connectivity index (χ0v) is 16.7. The Morgan fingerprint density at radius 2 is 2.00 bits per heavy atom. The second-order valence-corrected chi connectivity index (χ2v) is 7.42. The van der Waals surface area contributed by atoms with Gasteiger partial charge in [-0.1, -0.05) is 11.8 Å². The number of aromatic nitrogens is 5. The smallest absolute Gasteiger partial charge is 0.237 e. The zero-order valence-electron chi connectivity index (χ0n) is 15.9. The van der Waals surface area contributed by atoms with Crippen LogP contribution in [-0.2, 0) is 11.8 Å². The first-order chi connectivity index (χ1) is 12.9. The molecule has 3 rings (SSSR count). The number of thioether (sulfide) groups is 1. The lowest BCUT2D eigenvalue weighted by atomic mass is 10.2. The number of hydrogen-bond acceptors (Lipinski definition) is 6. The summed E-state index contributed by atoms with van der Waals surface area (Å²) in [5.41, 5.74) is 3.36. The second kappa shape index (κ2) is 7.83. The van der Waals surface area contributed by atoms with Gasteiger partial charge in [0.25, 0.3) is 0 Å². The van der Waals surface area contributed by atoms with Gasteiger partial charge in [0, 0.05) is 12.6 Å². The van der Waals surface area contributed by atoms with Crippen LogP contribution in [0.4, 0.5) is 5.69 Å². The van der Waals surface area contributed by atoms with E-state index in [4.69, 9.17) is 4.74 Å². The van der Waals surface area contributed by atoms with Crippen molar-refractivity contribution in [3.63, 3.8) is 0 Å². The normalized spacial score (nSPS) is 12.0. The molecule has 0 saturated carbocycles. The number of aromatic amines is 1. The molecule has 2 aromatic heterocycles. The van der Waals surface area contributed by atoms with Crippen LogP contribution in [0.3, 0.4) is 0 Å². The van der Waals surface area contributed by atoms with Gasteiger partial charge in [0.15, 0.2) is 5.82 Å². The first kappa shape index (κ1) is 19.0. The summed E-state index contributed by atoms with van der Waals surface area (Å²) in [5.74, 6) is 1.31. The number of nitrogens with zero attached hydrogens (tertiary/aromatic N) is 4. The maximum Gasteiger partial charge on any atom is 0.237 e. The molecule has 0 spiro atoms. The van der Waals surface area contributed by atoms with E-state index in [9.17, 15) is 4.79 Å². The van der Waals surface area contributed by atoms with Crippen molar-refractivity contribution >= 4 is 23.4 Å². The van der Waals surface area contributed by atoms with Crippen LogP contribution in [0.1, 0.15) is 18.3 Å². The molecule has 1 atom stereocenters. The predicted octanol–water partition coefficient (Wildman–Crippen LogP) is 2.95. The number of rotatable bonds is 6. The molecule has 0 radical (unpaired) electrons. The summed E-state index contributed by atoms with van der Waals surface area (Å²) in [7, 11) is 3.48. The summed E-state index contributed by atoms with van der Waals surface area (Å²) in [6.45, 7) is 5.62. The van der Waals surface area contributed by atoms with Gasteiger partial charge in [-0.05, 0) is 45.0 Å². The second-order valence-electron chi connectivity index (χ2n) is 6.11. The molecule has 0 aliphatic heterocycles. The lowest BCUT2D eigenvalue weighted by Gasteiger charge is -2.10. The van der Waals surface area contributed by atoms with Crippen molar-refractivity contribution in [3.8, 4) is 17.1 Å². The number of carbonyl (C=O) groups excluding carboxylic acids is 1. The molecule has 142 valence electrons. The molecular weight excluding hydrogens is 364 g/mol. The first-order valence-corrected chi connectivity index (χ1v) is 9.31. The van der Waals surface area contributed by atoms with Crippen molar-refractivity contribution in [3.05, 3.63) is 35.7 Å². The van der Waals surface area contributed by atoms with Gasteiger partial charge in [-0.3, -0.25) is 14.6 Å².